The smallest absolute Gasteiger partial charge is 0.251 e. The van der Waals surface area contributed by atoms with Gasteiger partial charge in [-0.15, -0.1) is 0 Å². The third kappa shape index (κ3) is 16.4. The van der Waals surface area contributed by atoms with Gasteiger partial charge in [-0.05, 0) is 84.5 Å². The maximum atomic E-state index is 14.9. The Morgan fingerprint density at radius 2 is 1.22 bits per heavy atom. The average molecular weight is 1240 g/mol. The number of phenols is 1. The van der Waals surface area contributed by atoms with Gasteiger partial charge in [-0.2, -0.15) is 0 Å². The molecule has 25 nitrogen and oxygen atoms in total. The molecular formula is C64H85N8O17+. The summed E-state index contributed by atoms with van der Waals surface area (Å²) in [6.07, 6.45) is -12.7. The summed E-state index contributed by atoms with van der Waals surface area (Å²) in [6, 6.07) is 15.4. The number of amides is 7. The van der Waals surface area contributed by atoms with Crippen LogP contribution in [0.2, 0.25) is 0 Å². The van der Waals surface area contributed by atoms with Crippen LogP contribution in [0.3, 0.4) is 0 Å². The fraction of sp³-hybridized carbons (Fsp3) is 0.516. The number of aromatic hydroxyl groups is 1. The van der Waals surface area contributed by atoms with Gasteiger partial charge in [0, 0.05) is 43.8 Å². The van der Waals surface area contributed by atoms with E-state index < -0.39 is 158 Å². The van der Waals surface area contributed by atoms with E-state index in [0.29, 0.717) is 30.6 Å². The monoisotopic (exact) mass is 1240 g/mol. The Kier molecular flexibility index (Phi) is 22.2. The fourth-order valence-corrected chi connectivity index (χ4v) is 11.9. The number of hydrogen-bond acceptors (Lipinski definition) is 17. The van der Waals surface area contributed by atoms with E-state index in [0.717, 1.165) is 70.9 Å². The number of quaternary nitrogens is 1. The molecule has 4 aromatic rings. The number of phenolic OH excluding ortho intramolecular Hbond substituents is 1. The molecule has 7 amide bonds. The van der Waals surface area contributed by atoms with Gasteiger partial charge in [0.15, 0.2) is 6.23 Å². The minimum absolute atomic E-state index is 0.0544. The number of nitrogens with zero attached hydrogens (tertiary/aromatic N) is 3. The van der Waals surface area contributed by atoms with Crippen LogP contribution in [0.15, 0.2) is 97.1 Å². The number of likely N-dealkylation sites (N-methyl/N-ethyl adjacent to an activating group) is 1. The molecule has 4 fully saturated rings. The topological polar surface area (TPSA) is 366 Å². The van der Waals surface area contributed by atoms with Crippen molar-refractivity contribution >= 4 is 41.4 Å². The van der Waals surface area contributed by atoms with E-state index in [9.17, 15) is 74.4 Å². The van der Waals surface area contributed by atoms with Crippen LogP contribution in [0, 0.1) is 5.92 Å². The lowest BCUT2D eigenvalue weighted by molar-refractivity contribution is -0.879. The Labute approximate surface area is 516 Å². The van der Waals surface area contributed by atoms with Gasteiger partial charge in [0.1, 0.15) is 78.7 Å². The molecule has 4 saturated heterocycles. The van der Waals surface area contributed by atoms with Gasteiger partial charge in [-0.1, -0.05) is 87.4 Å². The van der Waals surface area contributed by atoms with Crippen molar-refractivity contribution in [2.24, 2.45) is 5.92 Å². The third-order valence-electron chi connectivity index (χ3n) is 17.1. The second-order valence-corrected chi connectivity index (χ2v) is 24.6. The van der Waals surface area contributed by atoms with Crippen LogP contribution in [-0.4, -0.2) is 229 Å². The molecule has 0 bridgehead atoms. The second kappa shape index (κ2) is 29.4. The number of likely N-dealkylation sites (tertiary alicyclic amines) is 1. The molecule has 0 aliphatic carbocycles. The van der Waals surface area contributed by atoms with Crippen molar-refractivity contribution in [1.29, 1.82) is 0 Å². The summed E-state index contributed by atoms with van der Waals surface area (Å²) in [6.45, 7) is 6.69. The van der Waals surface area contributed by atoms with Crippen molar-refractivity contribution < 1.29 is 88.4 Å². The molecule has 13 N–H and O–H groups in total. The normalized spacial score (nSPS) is 28.6. The van der Waals surface area contributed by atoms with Crippen molar-refractivity contribution in [3.8, 4) is 33.8 Å². The lowest BCUT2D eigenvalue weighted by Gasteiger charge is -2.34. The highest BCUT2D eigenvalue weighted by Crippen LogP contribution is 2.31. The highest BCUT2D eigenvalue weighted by molar-refractivity contribution is 6.00. The number of fused-ring (bicyclic) bond motifs is 2. The maximum Gasteiger partial charge on any atom is 0.251 e. The van der Waals surface area contributed by atoms with Gasteiger partial charge in [-0.25, -0.2) is 0 Å². The predicted octanol–water partition coefficient (Wildman–Crippen LogP) is -0.0541. The lowest BCUT2D eigenvalue weighted by atomic mass is 9.96. The minimum Gasteiger partial charge on any atom is -0.508 e. The van der Waals surface area contributed by atoms with Crippen molar-refractivity contribution in [1.82, 2.24) is 36.4 Å². The number of carbonyl (C=O) groups excluding carboxylic acids is 7. The Morgan fingerprint density at radius 3 is 1.79 bits per heavy atom. The van der Waals surface area contributed by atoms with Crippen LogP contribution in [-0.2, 0) is 33.5 Å². The molecule has 4 aromatic carbocycles. The SMILES string of the molecule is CCCCCOc1ccc(-c2ccc(-c3ccc(C(=O)N[C@H]4C[C@@H](O)[C@@H](O[C@@H]5CC[N+](C)(C)C5)NC(=O)[C@@H]5[C@@H](O)[C@@H](C)CN5C(=O)[C@H]([C@@H](C)O)NC(=O)[C@H]([C@H](O)[C@@H](O)c5ccc(O)cc5)NC(=O)[C@@H]5C[C@@H](O)CN5C(=O)[C@H]([C@@H](C)O)NC4=O)cc3)cc2)cc1. The van der Waals surface area contributed by atoms with Gasteiger partial charge in [-0.3, -0.25) is 33.6 Å². The quantitative estimate of drug-likeness (QED) is 0.0516. The molecular weight excluding hydrogens is 1150 g/mol. The Bertz CT molecular complexity index is 3110. The Morgan fingerprint density at radius 1 is 0.674 bits per heavy atom. The Hall–Kier alpha value is -7.59. The number of benzene rings is 4. The number of aliphatic hydroxyl groups is 7. The first kappa shape index (κ1) is 67.3. The first-order chi connectivity index (χ1) is 42.2. The van der Waals surface area contributed by atoms with Crippen molar-refractivity contribution in [2.45, 2.75) is 158 Å². The number of hydrogen-bond donors (Lipinski definition) is 13. The molecule has 0 aromatic heterocycles. The average Bonchev–Trinajstić information content (AvgIpc) is 2.02. The van der Waals surface area contributed by atoms with Gasteiger partial charge >= 0.3 is 0 Å². The van der Waals surface area contributed by atoms with E-state index in [2.05, 4.69) is 33.5 Å². The summed E-state index contributed by atoms with van der Waals surface area (Å²) >= 11 is 0. The summed E-state index contributed by atoms with van der Waals surface area (Å²) in [5.74, 6) is -8.17. The van der Waals surface area contributed by atoms with Gasteiger partial charge in [0.05, 0.1) is 51.7 Å². The van der Waals surface area contributed by atoms with Crippen LogP contribution in [0.4, 0.5) is 0 Å². The molecule has 0 saturated carbocycles. The molecule has 8 rings (SSSR count). The lowest BCUT2D eigenvalue weighted by Crippen LogP contribution is -2.64. The summed E-state index contributed by atoms with van der Waals surface area (Å²) in [5.41, 5.74) is 3.50. The minimum atomic E-state index is -2.28. The van der Waals surface area contributed by atoms with E-state index in [1.54, 1.807) is 12.1 Å². The van der Waals surface area contributed by atoms with Gasteiger partial charge < -0.3 is 91.2 Å². The van der Waals surface area contributed by atoms with E-state index in [4.69, 9.17) is 9.47 Å². The molecule has 16 atom stereocenters. The molecule has 89 heavy (non-hydrogen) atoms. The number of rotatable bonds is 16. The van der Waals surface area contributed by atoms with Crippen LogP contribution >= 0.6 is 0 Å². The number of nitrogens with one attached hydrogen (secondary N) is 5. The molecule has 4 aliphatic rings. The molecule has 25 heteroatoms. The summed E-state index contributed by atoms with van der Waals surface area (Å²) in [4.78, 5) is 104. The third-order valence-corrected chi connectivity index (χ3v) is 17.1. The highest BCUT2D eigenvalue weighted by atomic mass is 16.5. The number of unbranched alkanes of at least 4 members (excludes halogenated alkanes) is 2. The van der Waals surface area contributed by atoms with Crippen LogP contribution in [0.1, 0.15) is 88.2 Å². The number of ether oxygens (including phenoxy) is 2. The van der Waals surface area contributed by atoms with Crippen LogP contribution < -0.4 is 31.3 Å². The second-order valence-electron chi connectivity index (χ2n) is 24.6. The number of aliphatic hydroxyl groups excluding tert-OH is 7. The first-order valence-electron chi connectivity index (χ1n) is 30.3. The van der Waals surface area contributed by atoms with E-state index in [1.807, 2.05) is 62.6 Å². The van der Waals surface area contributed by atoms with Crippen LogP contribution in [0.5, 0.6) is 11.5 Å². The summed E-state index contributed by atoms with van der Waals surface area (Å²) in [7, 11) is 3.88. The molecule has 0 spiro atoms. The molecule has 4 aliphatic heterocycles. The fourth-order valence-electron chi connectivity index (χ4n) is 11.9. The summed E-state index contributed by atoms with van der Waals surface area (Å²) in [5, 5.41) is 103. The zero-order valence-electron chi connectivity index (χ0n) is 50.8. The Balaban J connectivity index is 1.13. The van der Waals surface area contributed by atoms with E-state index in [-0.39, 0.29) is 23.4 Å². The van der Waals surface area contributed by atoms with Crippen LogP contribution in [0.25, 0.3) is 22.3 Å². The molecule has 0 radical (unpaired) electrons. The molecule has 4 heterocycles. The largest absolute Gasteiger partial charge is 0.508 e. The first-order valence-corrected chi connectivity index (χ1v) is 30.3. The van der Waals surface area contributed by atoms with Crippen molar-refractivity contribution in [2.75, 3.05) is 46.9 Å². The van der Waals surface area contributed by atoms with E-state index >= 15 is 0 Å². The zero-order chi connectivity index (χ0) is 64.6. The molecule has 0 unspecified atom stereocenters. The highest BCUT2D eigenvalue weighted by Gasteiger charge is 2.51. The standard InChI is InChI=1S/C64H84N8O17/c1-7-8-9-28-88-45-24-20-40(21-25-45)38-12-10-37(11-13-38)39-14-16-42(17-15-39)57(81)65-47-30-49(77)62(89-46-26-27-72(5,6)33-46)69-61(85)53-54(78)34(2)31-71(53)64(87)51(36(4)74)67-60(84)52(56(80)55(79)41-18-22-43(75)23-19-41)68-59(83)48-29-44(76)32-70(48)63(86)50(35(3)73)66-58(47)82/h10-25,34-36,44,46-56,62,73-74,76-80H,7-9,26-33H2,1-6H3,(H5-,65,66,67,68,69,75,81,82,83,84,85)/p+1/t34-,35+,36+,44+,46+,47-,48-,49+,50-,51-,52-,53-,54-,55-,56-,62+/m0/s1. The van der Waals surface area contributed by atoms with Crippen molar-refractivity contribution in [3.05, 3.63) is 108 Å². The van der Waals surface area contributed by atoms with Gasteiger partial charge in [0.2, 0.25) is 35.4 Å². The maximum absolute atomic E-state index is 14.9. The van der Waals surface area contributed by atoms with E-state index in [1.165, 1.54) is 43.3 Å². The predicted molar refractivity (Wildman–Crippen MR) is 322 cm³/mol. The number of carbonyl (C=O) groups is 7. The molecule has 482 valence electrons. The van der Waals surface area contributed by atoms with Crippen molar-refractivity contribution in [3.63, 3.8) is 0 Å². The summed E-state index contributed by atoms with van der Waals surface area (Å²) < 4.78 is 12.8. The van der Waals surface area contributed by atoms with Gasteiger partial charge in [0.25, 0.3) is 5.91 Å². The zero-order valence-corrected chi connectivity index (χ0v) is 50.8.